The van der Waals surface area contributed by atoms with Gasteiger partial charge in [0.2, 0.25) is 0 Å². The molecule has 1 N–H and O–H groups in total. The number of carbonyl (C=O) groups is 1. The van der Waals surface area contributed by atoms with Crippen LogP contribution >= 0.6 is 15.9 Å². The molecule has 0 bridgehead atoms. The van der Waals surface area contributed by atoms with Crippen molar-refractivity contribution in [1.29, 1.82) is 0 Å². The van der Waals surface area contributed by atoms with E-state index in [9.17, 15) is 4.79 Å². The number of carboxylic acid groups (broad SMARTS) is 1. The van der Waals surface area contributed by atoms with Crippen LogP contribution < -0.4 is 0 Å². The first-order valence-corrected chi connectivity index (χ1v) is 10.7. The molecule has 6 nitrogen and oxygen atoms in total. The van der Waals surface area contributed by atoms with Crippen molar-refractivity contribution < 1.29 is 14.6 Å². The van der Waals surface area contributed by atoms with Gasteiger partial charge in [0.15, 0.2) is 0 Å². The Hall–Kier alpha value is -2.25. The zero-order chi connectivity index (χ0) is 20.8. The molecule has 3 heterocycles. The zero-order valence-electron chi connectivity index (χ0n) is 16.8. The van der Waals surface area contributed by atoms with Gasteiger partial charge in [-0.25, -0.2) is 4.52 Å². The van der Waals surface area contributed by atoms with Gasteiger partial charge >= 0.3 is 5.97 Å². The Kier molecular flexibility index (Phi) is 7.39. The molecule has 0 unspecified atom stereocenters. The Morgan fingerprint density at radius 2 is 2.07 bits per heavy atom. The van der Waals surface area contributed by atoms with Crippen molar-refractivity contribution in [3.63, 3.8) is 0 Å². The summed E-state index contributed by atoms with van der Waals surface area (Å²) in [5.74, 6) is -0.741. The van der Waals surface area contributed by atoms with Gasteiger partial charge in [-0.1, -0.05) is 13.3 Å². The van der Waals surface area contributed by atoms with Crippen molar-refractivity contribution in [3.8, 4) is 11.1 Å². The molecule has 0 atom stereocenters. The molecule has 7 heteroatoms. The van der Waals surface area contributed by atoms with E-state index in [1.807, 2.05) is 10.7 Å². The van der Waals surface area contributed by atoms with Crippen LogP contribution in [-0.2, 0) is 29.0 Å². The summed E-state index contributed by atoms with van der Waals surface area (Å²) < 4.78 is 8.40. The van der Waals surface area contributed by atoms with E-state index in [1.165, 1.54) is 0 Å². The second kappa shape index (κ2) is 9.98. The molecule has 3 aromatic heterocycles. The minimum atomic E-state index is -0.741. The monoisotopic (exact) mass is 459 g/mol. The number of hydrogen-bond acceptors (Lipinski definition) is 4. The molecule has 0 aliphatic rings. The highest BCUT2D eigenvalue weighted by Gasteiger charge is 2.19. The van der Waals surface area contributed by atoms with Crippen molar-refractivity contribution in [2.45, 2.75) is 52.1 Å². The first-order chi connectivity index (χ1) is 14.0. The number of methoxy groups -OCH3 is 1. The van der Waals surface area contributed by atoms with Gasteiger partial charge in [0.05, 0.1) is 17.8 Å². The van der Waals surface area contributed by atoms with Crippen LogP contribution in [0, 0.1) is 0 Å². The maximum absolute atomic E-state index is 10.8. The number of halogens is 1. The summed E-state index contributed by atoms with van der Waals surface area (Å²) in [7, 11) is 1.68. The molecule has 0 radical (unpaired) electrons. The maximum atomic E-state index is 10.8. The van der Waals surface area contributed by atoms with E-state index in [0.717, 1.165) is 63.8 Å². The lowest BCUT2D eigenvalue weighted by Crippen LogP contribution is -2.10. The third-order valence-electron chi connectivity index (χ3n) is 5.02. The van der Waals surface area contributed by atoms with E-state index in [2.05, 4.69) is 46.0 Å². The predicted molar refractivity (Wildman–Crippen MR) is 116 cm³/mol. The summed E-state index contributed by atoms with van der Waals surface area (Å²) in [6, 6.07) is 6.31. The van der Waals surface area contributed by atoms with Crippen LogP contribution in [0.4, 0.5) is 0 Å². The van der Waals surface area contributed by atoms with Gasteiger partial charge in [-0.05, 0) is 65.4 Å². The van der Waals surface area contributed by atoms with Crippen molar-refractivity contribution in [1.82, 2.24) is 14.6 Å². The molecule has 0 amide bonds. The SMILES string of the molecule is CCc1ccc2c(-c3cncc(Br)c3)c(CCCCCC(=O)O)c(COC)nn12. The number of ether oxygens (including phenoxy) is 1. The molecule has 0 aliphatic heterocycles. The summed E-state index contributed by atoms with van der Waals surface area (Å²) >= 11 is 3.54. The van der Waals surface area contributed by atoms with E-state index >= 15 is 0 Å². The van der Waals surface area contributed by atoms with Crippen molar-refractivity contribution in [2.24, 2.45) is 0 Å². The molecule has 0 saturated heterocycles. The minimum Gasteiger partial charge on any atom is -0.481 e. The average molecular weight is 460 g/mol. The Labute approximate surface area is 179 Å². The van der Waals surface area contributed by atoms with E-state index in [1.54, 1.807) is 13.3 Å². The number of fused-ring (bicyclic) bond motifs is 1. The van der Waals surface area contributed by atoms with Crippen LogP contribution in [0.1, 0.15) is 49.6 Å². The summed E-state index contributed by atoms with van der Waals surface area (Å²) in [6.07, 6.45) is 8.02. The van der Waals surface area contributed by atoms with Crippen LogP contribution in [0.25, 0.3) is 16.6 Å². The highest BCUT2D eigenvalue weighted by molar-refractivity contribution is 9.10. The Balaban J connectivity index is 2.08. The second-order valence-electron chi connectivity index (χ2n) is 7.05. The second-order valence-corrected chi connectivity index (χ2v) is 7.97. The summed E-state index contributed by atoms with van der Waals surface area (Å²) in [5.41, 5.74) is 6.43. The summed E-state index contributed by atoms with van der Waals surface area (Å²) in [6.45, 7) is 2.55. The first kappa shape index (κ1) is 21.5. The maximum Gasteiger partial charge on any atom is 0.303 e. The number of unbranched alkanes of at least 4 members (excludes halogenated alkanes) is 2. The molecule has 0 spiro atoms. The molecule has 3 aromatic rings. The minimum absolute atomic E-state index is 0.211. The summed E-state index contributed by atoms with van der Waals surface area (Å²) in [4.78, 5) is 15.1. The molecule has 3 rings (SSSR count). The standard InChI is InChI=1S/C22H26BrN3O3/c1-3-17-9-10-20-22(15-11-16(23)13-24-12-15)18(7-5-4-6-8-21(27)28)19(14-29-2)25-26(17)20/h9-13H,3-8,14H2,1-2H3,(H,27,28). The van der Waals surface area contributed by atoms with E-state index in [4.69, 9.17) is 14.9 Å². The lowest BCUT2D eigenvalue weighted by molar-refractivity contribution is -0.137. The molecule has 0 fully saturated rings. The van der Waals surface area contributed by atoms with E-state index in [-0.39, 0.29) is 6.42 Å². The van der Waals surface area contributed by atoms with Gasteiger partial charge in [-0.15, -0.1) is 0 Å². The Morgan fingerprint density at radius 3 is 2.76 bits per heavy atom. The molecule has 0 aromatic carbocycles. The van der Waals surface area contributed by atoms with Crippen LogP contribution in [-0.4, -0.2) is 32.8 Å². The largest absolute Gasteiger partial charge is 0.481 e. The number of aryl methyl sites for hydroxylation is 1. The van der Waals surface area contributed by atoms with Gasteiger partial charge in [0.25, 0.3) is 0 Å². The Morgan fingerprint density at radius 1 is 1.24 bits per heavy atom. The number of hydrogen-bond donors (Lipinski definition) is 1. The predicted octanol–water partition coefficient (Wildman–Crippen LogP) is 5.06. The molecule has 0 aliphatic carbocycles. The van der Waals surface area contributed by atoms with Crippen LogP contribution in [0.3, 0.4) is 0 Å². The number of rotatable bonds is 10. The molecule has 0 saturated carbocycles. The fraction of sp³-hybridized carbons (Fsp3) is 0.409. The topological polar surface area (TPSA) is 76.7 Å². The van der Waals surface area contributed by atoms with Crippen molar-refractivity contribution >= 4 is 27.4 Å². The van der Waals surface area contributed by atoms with E-state index in [0.29, 0.717) is 13.0 Å². The number of pyridine rings is 1. The van der Waals surface area contributed by atoms with Crippen LogP contribution in [0.15, 0.2) is 35.1 Å². The van der Waals surface area contributed by atoms with Gasteiger partial charge in [0.1, 0.15) is 0 Å². The van der Waals surface area contributed by atoms with Crippen LogP contribution in [0.5, 0.6) is 0 Å². The highest BCUT2D eigenvalue weighted by Crippen LogP contribution is 2.33. The summed E-state index contributed by atoms with van der Waals surface area (Å²) in [5, 5.41) is 13.8. The van der Waals surface area contributed by atoms with E-state index < -0.39 is 5.97 Å². The quantitative estimate of drug-likeness (QED) is 0.429. The van der Waals surface area contributed by atoms with Gasteiger partial charge < -0.3 is 9.84 Å². The van der Waals surface area contributed by atoms with Crippen LogP contribution in [0.2, 0.25) is 0 Å². The van der Waals surface area contributed by atoms with Gasteiger partial charge in [-0.3, -0.25) is 9.78 Å². The lowest BCUT2D eigenvalue weighted by Gasteiger charge is -2.17. The molecule has 154 valence electrons. The normalized spacial score (nSPS) is 11.3. The third-order valence-corrected chi connectivity index (χ3v) is 5.45. The molecular weight excluding hydrogens is 434 g/mol. The smallest absolute Gasteiger partial charge is 0.303 e. The fourth-order valence-corrected chi connectivity index (χ4v) is 4.04. The zero-order valence-corrected chi connectivity index (χ0v) is 18.4. The molecule has 29 heavy (non-hydrogen) atoms. The number of carboxylic acids is 1. The number of nitrogens with zero attached hydrogens (tertiary/aromatic N) is 3. The van der Waals surface area contributed by atoms with Crippen molar-refractivity contribution in [2.75, 3.05) is 7.11 Å². The first-order valence-electron chi connectivity index (χ1n) is 9.89. The highest BCUT2D eigenvalue weighted by atomic mass is 79.9. The number of aromatic nitrogens is 3. The molecular formula is C22H26BrN3O3. The number of aliphatic carboxylic acids is 1. The third kappa shape index (κ3) is 5.03. The Bertz CT molecular complexity index is 1000. The van der Waals surface area contributed by atoms with Gasteiger partial charge in [0, 0.05) is 47.2 Å². The average Bonchev–Trinajstić information content (AvgIpc) is 3.10. The lowest BCUT2D eigenvalue weighted by atomic mass is 9.95. The van der Waals surface area contributed by atoms with Gasteiger partial charge in [-0.2, -0.15) is 5.10 Å². The van der Waals surface area contributed by atoms with Crippen molar-refractivity contribution in [3.05, 3.63) is 52.0 Å². The fourth-order valence-electron chi connectivity index (χ4n) is 3.67.